The standard InChI is InChI=1S/C16H18N2O2/c1-16(2,3)13(15(19)20)12-9-17-14(18-10-12)11-7-5-4-6-8-11/h4-10,13H,1-3H3,(H,19,20). The summed E-state index contributed by atoms with van der Waals surface area (Å²) in [6.45, 7) is 5.70. The Bertz CT molecular complexity index is 586. The summed E-state index contributed by atoms with van der Waals surface area (Å²) in [5.74, 6) is -0.867. The van der Waals surface area contributed by atoms with Gasteiger partial charge in [-0.2, -0.15) is 0 Å². The normalized spacial score (nSPS) is 12.9. The summed E-state index contributed by atoms with van der Waals surface area (Å²) in [6.07, 6.45) is 3.22. The fraction of sp³-hybridized carbons (Fsp3) is 0.312. The molecule has 104 valence electrons. The second-order valence-electron chi connectivity index (χ2n) is 5.84. The topological polar surface area (TPSA) is 63.1 Å². The first-order valence-electron chi connectivity index (χ1n) is 6.50. The molecule has 1 N–H and O–H groups in total. The highest BCUT2D eigenvalue weighted by Gasteiger charge is 2.33. The summed E-state index contributed by atoms with van der Waals surface area (Å²) < 4.78 is 0. The van der Waals surface area contributed by atoms with Crippen molar-refractivity contribution in [2.45, 2.75) is 26.7 Å². The van der Waals surface area contributed by atoms with Crippen molar-refractivity contribution in [3.63, 3.8) is 0 Å². The van der Waals surface area contributed by atoms with Crippen LogP contribution < -0.4 is 0 Å². The monoisotopic (exact) mass is 270 g/mol. The molecule has 0 aliphatic heterocycles. The van der Waals surface area contributed by atoms with Gasteiger partial charge in [-0.1, -0.05) is 51.1 Å². The van der Waals surface area contributed by atoms with Gasteiger partial charge in [0, 0.05) is 23.5 Å². The van der Waals surface area contributed by atoms with E-state index in [1.54, 1.807) is 12.4 Å². The lowest BCUT2D eigenvalue weighted by Gasteiger charge is -2.26. The summed E-state index contributed by atoms with van der Waals surface area (Å²) in [5.41, 5.74) is 1.16. The summed E-state index contributed by atoms with van der Waals surface area (Å²) in [5, 5.41) is 9.39. The van der Waals surface area contributed by atoms with Gasteiger partial charge in [-0.3, -0.25) is 4.79 Å². The van der Waals surface area contributed by atoms with Gasteiger partial charge in [-0.25, -0.2) is 9.97 Å². The van der Waals surface area contributed by atoms with E-state index < -0.39 is 11.9 Å². The fourth-order valence-electron chi connectivity index (χ4n) is 2.24. The van der Waals surface area contributed by atoms with Gasteiger partial charge in [0.1, 0.15) is 0 Å². The first-order valence-corrected chi connectivity index (χ1v) is 6.50. The van der Waals surface area contributed by atoms with Crippen molar-refractivity contribution in [2.75, 3.05) is 0 Å². The Balaban J connectivity index is 2.35. The van der Waals surface area contributed by atoms with Crippen molar-refractivity contribution in [2.24, 2.45) is 5.41 Å². The Hall–Kier alpha value is -2.23. The largest absolute Gasteiger partial charge is 0.481 e. The average Bonchev–Trinajstić information content (AvgIpc) is 2.38. The van der Waals surface area contributed by atoms with E-state index in [4.69, 9.17) is 0 Å². The van der Waals surface area contributed by atoms with Crippen molar-refractivity contribution in [3.05, 3.63) is 48.3 Å². The van der Waals surface area contributed by atoms with E-state index in [0.717, 1.165) is 5.56 Å². The Morgan fingerprint density at radius 2 is 1.65 bits per heavy atom. The van der Waals surface area contributed by atoms with Gasteiger partial charge in [-0.15, -0.1) is 0 Å². The molecular formula is C16H18N2O2. The Labute approximate surface area is 118 Å². The fourth-order valence-corrected chi connectivity index (χ4v) is 2.24. The van der Waals surface area contributed by atoms with E-state index in [1.807, 2.05) is 51.1 Å². The Kier molecular flexibility index (Phi) is 3.84. The van der Waals surface area contributed by atoms with E-state index in [2.05, 4.69) is 9.97 Å². The second-order valence-corrected chi connectivity index (χ2v) is 5.84. The molecule has 1 unspecified atom stereocenters. The minimum Gasteiger partial charge on any atom is -0.481 e. The van der Waals surface area contributed by atoms with E-state index in [0.29, 0.717) is 11.4 Å². The SMILES string of the molecule is CC(C)(C)C(C(=O)O)c1cnc(-c2ccccc2)nc1. The maximum absolute atomic E-state index is 11.4. The van der Waals surface area contributed by atoms with Gasteiger partial charge in [0.15, 0.2) is 5.82 Å². The van der Waals surface area contributed by atoms with Gasteiger partial charge in [0.05, 0.1) is 5.92 Å². The first kappa shape index (κ1) is 14.2. The molecule has 1 atom stereocenters. The maximum atomic E-state index is 11.4. The lowest BCUT2D eigenvalue weighted by atomic mass is 9.77. The molecule has 1 aromatic heterocycles. The molecule has 0 aliphatic rings. The third kappa shape index (κ3) is 3.02. The highest BCUT2D eigenvalue weighted by Crippen LogP contribution is 2.34. The number of nitrogens with zero attached hydrogens (tertiary/aromatic N) is 2. The predicted molar refractivity (Wildman–Crippen MR) is 77.3 cm³/mol. The molecule has 0 bridgehead atoms. The molecule has 2 aromatic rings. The number of aliphatic carboxylic acids is 1. The van der Waals surface area contributed by atoms with Crippen molar-refractivity contribution in [3.8, 4) is 11.4 Å². The number of hydrogen-bond donors (Lipinski definition) is 1. The van der Waals surface area contributed by atoms with Crippen molar-refractivity contribution >= 4 is 5.97 Å². The maximum Gasteiger partial charge on any atom is 0.311 e. The summed E-state index contributed by atoms with van der Waals surface area (Å²) in [6, 6.07) is 9.61. The molecular weight excluding hydrogens is 252 g/mol. The van der Waals surface area contributed by atoms with Crippen LogP contribution in [0.15, 0.2) is 42.7 Å². The van der Waals surface area contributed by atoms with Crippen molar-refractivity contribution < 1.29 is 9.90 Å². The average molecular weight is 270 g/mol. The van der Waals surface area contributed by atoms with Crippen LogP contribution >= 0.6 is 0 Å². The number of carbonyl (C=O) groups is 1. The van der Waals surface area contributed by atoms with Crippen LogP contribution in [0, 0.1) is 5.41 Å². The molecule has 4 heteroatoms. The number of benzene rings is 1. The van der Waals surface area contributed by atoms with Crippen LogP contribution in [0.4, 0.5) is 0 Å². The van der Waals surface area contributed by atoms with E-state index in [9.17, 15) is 9.90 Å². The molecule has 0 fully saturated rings. The highest BCUT2D eigenvalue weighted by atomic mass is 16.4. The molecule has 0 saturated heterocycles. The van der Waals surface area contributed by atoms with Gasteiger partial charge < -0.3 is 5.11 Å². The van der Waals surface area contributed by atoms with Gasteiger partial charge in [-0.05, 0) is 5.41 Å². The van der Waals surface area contributed by atoms with Crippen LogP contribution in [0.2, 0.25) is 0 Å². The van der Waals surface area contributed by atoms with Crippen LogP contribution in [0.3, 0.4) is 0 Å². The summed E-state index contributed by atoms with van der Waals surface area (Å²) >= 11 is 0. The highest BCUT2D eigenvalue weighted by molar-refractivity contribution is 5.77. The molecule has 0 saturated carbocycles. The van der Waals surface area contributed by atoms with Crippen LogP contribution in [0.1, 0.15) is 32.3 Å². The zero-order chi connectivity index (χ0) is 14.8. The van der Waals surface area contributed by atoms with Gasteiger partial charge in [0.25, 0.3) is 0 Å². The Morgan fingerprint density at radius 1 is 1.10 bits per heavy atom. The molecule has 2 rings (SSSR count). The predicted octanol–water partition coefficient (Wildman–Crippen LogP) is 3.36. The minimum absolute atomic E-state index is 0.385. The first-order chi connectivity index (χ1) is 9.39. The zero-order valence-electron chi connectivity index (χ0n) is 11.9. The van der Waals surface area contributed by atoms with Crippen molar-refractivity contribution in [1.82, 2.24) is 9.97 Å². The lowest BCUT2D eigenvalue weighted by molar-refractivity contribution is -0.141. The third-order valence-corrected chi connectivity index (χ3v) is 3.15. The van der Waals surface area contributed by atoms with Crippen LogP contribution in [-0.2, 0) is 4.79 Å². The number of carboxylic acids is 1. The second kappa shape index (κ2) is 5.41. The molecule has 0 aliphatic carbocycles. The smallest absolute Gasteiger partial charge is 0.311 e. The number of carboxylic acid groups (broad SMARTS) is 1. The number of rotatable bonds is 3. The Morgan fingerprint density at radius 3 is 2.10 bits per heavy atom. The molecule has 0 spiro atoms. The zero-order valence-corrected chi connectivity index (χ0v) is 11.9. The van der Waals surface area contributed by atoms with E-state index >= 15 is 0 Å². The molecule has 4 nitrogen and oxygen atoms in total. The molecule has 0 amide bonds. The van der Waals surface area contributed by atoms with Crippen LogP contribution in [0.5, 0.6) is 0 Å². The quantitative estimate of drug-likeness (QED) is 0.929. The summed E-state index contributed by atoms with van der Waals surface area (Å²) in [4.78, 5) is 20.0. The summed E-state index contributed by atoms with van der Waals surface area (Å²) in [7, 11) is 0. The van der Waals surface area contributed by atoms with Gasteiger partial charge in [0.2, 0.25) is 0 Å². The lowest BCUT2D eigenvalue weighted by Crippen LogP contribution is -2.26. The minimum atomic E-state index is -0.853. The van der Waals surface area contributed by atoms with Crippen LogP contribution in [0.25, 0.3) is 11.4 Å². The van der Waals surface area contributed by atoms with E-state index in [1.165, 1.54) is 0 Å². The molecule has 20 heavy (non-hydrogen) atoms. The number of hydrogen-bond acceptors (Lipinski definition) is 3. The third-order valence-electron chi connectivity index (χ3n) is 3.15. The van der Waals surface area contributed by atoms with Crippen LogP contribution in [-0.4, -0.2) is 21.0 Å². The molecule has 1 aromatic carbocycles. The number of aromatic nitrogens is 2. The van der Waals surface area contributed by atoms with Crippen molar-refractivity contribution in [1.29, 1.82) is 0 Å². The van der Waals surface area contributed by atoms with E-state index in [-0.39, 0.29) is 5.41 Å². The van der Waals surface area contributed by atoms with Gasteiger partial charge >= 0.3 is 5.97 Å². The molecule has 1 heterocycles. The molecule has 0 radical (unpaired) electrons.